The minimum atomic E-state index is -2.80. The number of benzene rings is 2. The second-order valence-corrected chi connectivity index (χ2v) is 11.9. The zero-order valence-corrected chi connectivity index (χ0v) is 19.0. The molecular weight excluding hydrogens is 396 g/mol. The lowest BCUT2D eigenvalue weighted by molar-refractivity contribution is -0.463. The van der Waals surface area contributed by atoms with Crippen LogP contribution in [0.5, 0.6) is 0 Å². The molecule has 0 N–H and O–H groups in total. The standard InChI is InChI=1S/C23H30N2O4Si/c1-19(2)30(20(3)4,28-17-11-14-21-12-7-5-8-13-21)29-24-23(18-25(26)27)22-15-9-6-10-16-22/h5-16,19-20H,17-18H2,1-4H3/b14-11+,24-23+. The zero-order valence-electron chi connectivity index (χ0n) is 18.0. The van der Waals surface area contributed by atoms with Crippen LogP contribution in [0, 0.1) is 10.1 Å². The molecule has 7 heteroatoms. The summed E-state index contributed by atoms with van der Waals surface area (Å²) in [5.41, 5.74) is 2.28. The fraction of sp³-hybridized carbons (Fsp3) is 0.348. The molecule has 0 fully saturated rings. The van der Waals surface area contributed by atoms with E-state index in [2.05, 4.69) is 32.9 Å². The van der Waals surface area contributed by atoms with Crippen LogP contribution in [0.1, 0.15) is 38.8 Å². The molecule has 0 unspecified atom stereocenters. The van der Waals surface area contributed by atoms with Crippen LogP contribution >= 0.6 is 0 Å². The Morgan fingerprint density at radius 1 is 1.03 bits per heavy atom. The van der Waals surface area contributed by atoms with E-state index in [4.69, 9.17) is 8.95 Å². The third-order valence-electron chi connectivity index (χ3n) is 4.81. The molecule has 0 saturated heterocycles. The van der Waals surface area contributed by atoms with Crippen LogP contribution in [-0.4, -0.2) is 32.3 Å². The SMILES string of the molecule is CC(C)[Si](OC/C=C/c1ccccc1)(O/N=C(\C[N+](=O)[O-])c1ccccc1)C(C)C. The second kappa shape index (κ2) is 11.4. The summed E-state index contributed by atoms with van der Waals surface area (Å²) in [6.07, 6.45) is 3.97. The largest absolute Gasteiger partial charge is 0.432 e. The lowest BCUT2D eigenvalue weighted by atomic mass is 10.1. The highest BCUT2D eigenvalue weighted by Crippen LogP contribution is 2.35. The molecule has 0 aliphatic rings. The Morgan fingerprint density at radius 3 is 2.13 bits per heavy atom. The van der Waals surface area contributed by atoms with Crippen LogP contribution < -0.4 is 0 Å². The van der Waals surface area contributed by atoms with Crippen molar-refractivity contribution in [2.24, 2.45) is 5.16 Å². The fourth-order valence-corrected chi connectivity index (χ4v) is 6.30. The maximum atomic E-state index is 11.2. The van der Waals surface area contributed by atoms with Crippen molar-refractivity contribution in [3.8, 4) is 0 Å². The highest BCUT2D eigenvalue weighted by molar-refractivity contribution is 6.70. The predicted molar refractivity (Wildman–Crippen MR) is 123 cm³/mol. The molecule has 2 rings (SSSR count). The van der Waals surface area contributed by atoms with E-state index in [1.165, 1.54) is 0 Å². The van der Waals surface area contributed by atoms with Gasteiger partial charge >= 0.3 is 8.56 Å². The van der Waals surface area contributed by atoms with Gasteiger partial charge in [-0.3, -0.25) is 10.1 Å². The van der Waals surface area contributed by atoms with E-state index in [1.54, 1.807) is 12.1 Å². The van der Waals surface area contributed by atoms with E-state index in [1.807, 2.05) is 60.7 Å². The number of hydrogen-bond donors (Lipinski definition) is 0. The van der Waals surface area contributed by atoms with Crippen molar-refractivity contribution in [1.82, 2.24) is 0 Å². The molecule has 0 aliphatic carbocycles. The zero-order chi connectivity index (χ0) is 22.0. The summed E-state index contributed by atoms with van der Waals surface area (Å²) in [6, 6.07) is 19.1. The van der Waals surface area contributed by atoms with Crippen LogP contribution in [0.4, 0.5) is 0 Å². The Morgan fingerprint density at radius 2 is 1.60 bits per heavy atom. The molecule has 30 heavy (non-hydrogen) atoms. The summed E-state index contributed by atoms with van der Waals surface area (Å²) in [5, 5.41) is 15.4. The van der Waals surface area contributed by atoms with Crippen molar-refractivity contribution in [1.29, 1.82) is 0 Å². The van der Waals surface area contributed by atoms with E-state index in [9.17, 15) is 10.1 Å². The second-order valence-electron chi connectivity index (χ2n) is 7.64. The third-order valence-corrected chi connectivity index (χ3v) is 9.02. The summed E-state index contributed by atoms with van der Waals surface area (Å²) in [5.74, 6) is 0. The molecule has 0 amide bonds. The van der Waals surface area contributed by atoms with Crippen molar-refractivity contribution in [2.45, 2.75) is 38.8 Å². The van der Waals surface area contributed by atoms with Gasteiger partial charge in [-0.25, -0.2) is 0 Å². The Balaban J connectivity index is 2.22. The van der Waals surface area contributed by atoms with Gasteiger partial charge in [0.1, 0.15) is 0 Å². The monoisotopic (exact) mass is 426 g/mol. The Labute approximate surface area is 179 Å². The number of hydrogen-bond acceptors (Lipinski definition) is 5. The van der Waals surface area contributed by atoms with E-state index < -0.39 is 20.0 Å². The number of oxime groups is 1. The van der Waals surface area contributed by atoms with Gasteiger partial charge in [-0.15, -0.1) is 0 Å². The van der Waals surface area contributed by atoms with Gasteiger partial charge < -0.3 is 8.95 Å². The van der Waals surface area contributed by atoms with E-state index in [0.29, 0.717) is 17.9 Å². The number of nitrogens with zero attached hydrogens (tertiary/aromatic N) is 2. The Hall–Kier alpha value is -2.77. The summed E-state index contributed by atoms with van der Waals surface area (Å²) in [7, 11) is -2.80. The van der Waals surface area contributed by atoms with Crippen molar-refractivity contribution >= 4 is 20.3 Å². The highest BCUT2D eigenvalue weighted by Gasteiger charge is 2.48. The molecular formula is C23H30N2O4Si. The molecule has 2 aromatic rings. The molecule has 0 saturated carbocycles. The predicted octanol–water partition coefficient (Wildman–Crippen LogP) is 5.68. The van der Waals surface area contributed by atoms with Gasteiger partial charge in [0.2, 0.25) is 6.54 Å². The minimum Gasteiger partial charge on any atom is -0.420 e. The van der Waals surface area contributed by atoms with Crippen molar-refractivity contribution in [3.63, 3.8) is 0 Å². The maximum Gasteiger partial charge on any atom is 0.432 e. The molecule has 0 heterocycles. The number of rotatable bonds is 11. The van der Waals surface area contributed by atoms with Gasteiger partial charge in [-0.2, -0.15) is 0 Å². The summed E-state index contributed by atoms with van der Waals surface area (Å²) in [6.45, 7) is 8.20. The summed E-state index contributed by atoms with van der Waals surface area (Å²) in [4.78, 5) is 10.8. The van der Waals surface area contributed by atoms with E-state index >= 15 is 0 Å². The van der Waals surface area contributed by atoms with Crippen molar-refractivity contribution in [3.05, 3.63) is 88.0 Å². The minimum absolute atomic E-state index is 0.110. The maximum absolute atomic E-state index is 11.2. The summed E-state index contributed by atoms with van der Waals surface area (Å²) < 4.78 is 12.4. The quantitative estimate of drug-likeness (QED) is 0.201. The molecule has 0 radical (unpaired) electrons. The molecule has 0 bridgehead atoms. The average molecular weight is 427 g/mol. The van der Waals surface area contributed by atoms with Crippen LogP contribution in [0.2, 0.25) is 11.1 Å². The number of nitro groups is 1. The molecule has 0 aliphatic heterocycles. The van der Waals surface area contributed by atoms with E-state index in [0.717, 1.165) is 5.56 Å². The molecule has 0 spiro atoms. The van der Waals surface area contributed by atoms with Gasteiger partial charge in [0, 0.05) is 21.6 Å². The molecule has 0 aromatic heterocycles. The van der Waals surface area contributed by atoms with Gasteiger partial charge in [-0.1, -0.05) is 106 Å². The van der Waals surface area contributed by atoms with Crippen LogP contribution in [0.15, 0.2) is 71.9 Å². The first-order valence-electron chi connectivity index (χ1n) is 10.1. The van der Waals surface area contributed by atoms with Crippen LogP contribution in [-0.2, 0) is 8.95 Å². The van der Waals surface area contributed by atoms with Crippen LogP contribution in [0.3, 0.4) is 0 Å². The lowest BCUT2D eigenvalue weighted by Crippen LogP contribution is -2.47. The lowest BCUT2D eigenvalue weighted by Gasteiger charge is -2.34. The Kier molecular flexibility index (Phi) is 8.95. The first-order valence-corrected chi connectivity index (χ1v) is 12.1. The first kappa shape index (κ1) is 23.5. The van der Waals surface area contributed by atoms with Gasteiger partial charge in [0.15, 0.2) is 5.71 Å². The van der Waals surface area contributed by atoms with E-state index in [-0.39, 0.29) is 11.1 Å². The summed E-state index contributed by atoms with van der Waals surface area (Å²) >= 11 is 0. The topological polar surface area (TPSA) is 74.0 Å². The highest BCUT2D eigenvalue weighted by atomic mass is 28.4. The van der Waals surface area contributed by atoms with Gasteiger partial charge in [0.05, 0.1) is 6.61 Å². The fourth-order valence-electron chi connectivity index (χ4n) is 3.22. The van der Waals surface area contributed by atoms with Crippen molar-refractivity contribution < 1.29 is 13.9 Å². The van der Waals surface area contributed by atoms with Crippen LogP contribution in [0.25, 0.3) is 6.08 Å². The molecule has 2 aromatic carbocycles. The first-order chi connectivity index (χ1) is 14.3. The van der Waals surface area contributed by atoms with Gasteiger partial charge in [0.25, 0.3) is 0 Å². The third kappa shape index (κ3) is 6.64. The molecule has 6 nitrogen and oxygen atoms in total. The average Bonchev–Trinajstić information content (AvgIpc) is 2.73. The smallest absolute Gasteiger partial charge is 0.420 e. The molecule has 160 valence electrons. The van der Waals surface area contributed by atoms with Gasteiger partial charge in [-0.05, 0) is 5.56 Å². The molecule has 0 atom stereocenters. The van der Waals surface area contributed by atoms with Crippen molar-refractivity contribution in [2.75, 3.05) is 13.2 Å². The normalized spacial score (nSPS) is 12.7. The Bertz CT molecular complexity index is 844.